The lowest BCUT2D eigenvalue weighted by atomic mass is 9.80. The first-order valence-electron chi connectivity index (χ1n) is 6.48. The summed E-state index contributed by atoms with van der Waals surface area (Å²) in [5.41, 5.74) is 1.49. The zero-order chi connectivity index (χ0) is 11.4. The summed E-state index contributed by atoms with van der Waals surface area (Å²) >= 11 is 3.48. The molecular formula is C15H21Br. The fourth-order valence-corrected chi connectivity index (χ4v) is 2.90. The quantitative estimate of drug-likeness (QED) is 0.713. The summed E-state index contributed by atoms with van der Waals surface area (Å²) in [7, 11) is 0. The van der Waals surface area contributed by atoms with Crippen molar-refractivity contribution >= 4 is 15.9 Å². The summed E-state index contributed by atoms with van der Waals surface area (Å²) in [4.78, 5) is 0. The van der Waals surface area contributed by atoms with Gasteiger partial charge >= 0.3 is 0 Å². The highest BCUT2D eigenvalue weighted by Gasteiger charge is 2.17. The van der Waals surface area contributed by atoms with Gasteiger partial charge < -0.3 is 0 Å². The minimum Gasteiger partial charge on any atom is -0.0625 e. The van der Waals surface area contributed by atoms with Gasteiger partial charge in [-0.15, -0.1) is 0 Å². The molecule has 88 valence electrons. The number of hydrogen-bond acceptors (Lipinski definition) is 0. The summed E-state index contributed by atoms with van der Waals surface area (Å²) in [6, 6.07) is 8.79. The average Bonchev–Trinajstić information content (AvgIpc) is 2.30. The van der Waals surface area contributed by atoms with Crippen LogP contribution in [0.3, 0.4) is 0 Å². The molecule has 0 N–H and O–H groups in total. The van der Waals surface area contributed by atoms with Gasteiger partial charge in [0.15, 0.2) is 0 Å². The van der Waals surface area contributed by atoms with Gasteiger partial charge in [-0.3, -0.25) is 0 Å². The monoisotopic (exact) mass is 280 g/mol. The minimum absolute atomic E-state index is 0.976. The molecule has 0 nitrogen and oxygen atoms in total. The molecule has 16 heavy (non-hydrogen) atoms. The highest BCUT2D eigenvalue weighted by Crippen LogP contribution is 2.31. The Labute approximate surface area is 108 Å². The predicted octanol–water partition coefficient (Wildman–Crippen LogP) is 5.21. The normalized spacial score (nSPS) is 25.6. The Morgan fingerprint density at radius 3 is 2.31 bits per heavy atom. The molecular weight excluding hydrogens is 260 g/mol. The van der Waals surface area contributed by atoms with E-state index in [-0.39, 0.29) is 0 Å². The van der Waals surface area contributed by atoms with Crippen molar-refractivity contribution in [2.75, 3.05) is 0 Å². The lowest BCUT2D eigenvalue weighted by Crippen LogP contribution is -2.12. The molecule has 0 atom stereocenters. The number of halogens is 1. The molecule has 1 aliphatic rings. The van der Waals surface area contributed by atoms with Crippen LogP contribution in [0, 0.1) is 11.8 Å². The second kappa shape index (κ2) is 5.86. The third-order valence-corrected chi connectivity index (χ3v) is 4.42. The van der Waals surface area contributed by atoms with Crippen molar-refractivity contribution in [3.05, 3.63) is 34.3 Å². The second-order valence-corrected chi connectivity index (χ2v) is 6.21. The molecule has 0 radical (unpaired) electrons. The minimum atomic E-state index is 0.976. The van der Waals surface area contributed by atoms with E-state index in [0.29, 0.717) is 0 Å². The predicted molar refractivity (Wildman–Crippen MR) is 73.6 cm³/mol. The van der Waals surface area contributed by atoms with Crippen LogP contribution in [0.2, 0.25) is 0 Å². The van der Waals surface area contributed by atoms with Crippen molar-refractivity contribution in [3.63, 3.8) is 0 Å². The van der Waals surface area contributed by atoms with E-state index in [1.165, 1.54) is 48.6 Å². The zero-order valence-corrected chi connectivity index (χ0v) is 11.7. The molecule has 0 aliphatic heterocycles. The standard InChI is InChI=1S/C15H21Br/c1-12-2-4-13(5-3-12)6-7-14-8-10-15(16)11-9-14/h8-13H,2-7H2,1H3. The third kappa shape index (κ3) is 3.62. The summed E-state index contributed by atoms with van der Waals surface area (Å²) in [5.74, 6) is 1.96. The van der Waals surface area contributed by atoms with Crippen LogP contribution in [-0.4, -0.2) is 0 Å². The van der Waals surface area contributed by atoms with Gasteiger partial charge in [-0.25, -0.2) is 0 Å². The third-order valence-electron chi connectivity index (χ3n) is 3.89. The van der Waals surface area contributed by atoms with E-state index >= 15 is 0 Å². The maximum Gasteiger partial charge on any atom is 0.0175 e. The first-order chi connectivity index (χ1) is 7.74. The van der Waals surface area contributed by atoms with E-state index in [9.17, 15) is 0 Å². The molecule has 1 aromatic carbocycles. The molecule has 0 bridgehead atoms. The van der Waals surface area contributed by atoms with Crippen LogP contribution in [0.25, 0.3) is 0 Å². The molecule has 0 heterocycles. The van der Waals surface area contributed by atoms with Crippen molar-refractivity contribution in [1.82, 2.24) is 0 Å². The van der Waals surface area contributed by atoms with Gasteiger partial charge in [0.1, 0.15) is 0 Å². The Morgan fingerprint density at radius 2 is 1.69 bits per heavy atom. The maximum absolute atomic E-state index is 3.48. The van der Waals surface area contributed by atoms with E-state index in [4.69, 9.17) is 0 Å². The van der Waals surface area contributed by atoms with Gasteiger partial charge in [-0.2, -0.15) is 0 Å². The molecule has 1 heteroatoms. The molecule has 0 saturated heterocycles. The van der Waals surface area contributed by atoms with Crippen LogP contribution in [0.4, 0.5) is 0 Å². The largest absolute Gasteiger partial charge is 0.0625 e. The van der Waals surface area contributed by atoms with Crippen LogP contribution >= 0.6 is 15.9 Å². The Morgan fingerprint density at radius 1 is 1.06 bits per heavy atom. The highest BCUT2D eigenvalue weighted by molar-refractivity contribution is 9.10. The molecule has 1 aliphatic carbocycles. The van der Waals surface area contributed by atoms with Gasteiger partial charge in [-0.05, 0) is 42.4 Å². The van der Waals surface area contributed by atoms with Gasteiger partial charge in [0.2, 0.25) is 0 Å². The second-order valence-electron chi connectivity index (χ2n) is 5.29. The van der Waals surface area contributed by atoms with Crippen LogP contribution in [0.5, 0.6) is 0 Å². The van der Waals surface area contributed by atoms with Crippen molar-refractivity contribution in [3.8, 4) is 0 Å². The van der Waals surface area contributed by atoms with Gasteiger partial charge in [0.25, 0.3) is 0 Å². The molecule has 0 unspecified atom stereocenters. The summed E-state index contributed by atoms with van der Waals surface area (Å²) < 4.78 is 1.18. The van der Waals surface area contributed by atoms with Crippen LogP contribution in [0.15, 0.2) is 28.7 Å². The number of benzene rings is 1. The molecule has 2 rings (SSSR count). The highest BCUT2D eigenvalue weighted by atomic mass is 79.9. The fourth-order valence-electron chi connectivity index (χ4n) is 2.64. The molecule has 0 aromatic heterocycles. The Hall–Kier alpha value is -0.300. The first kappa shape index (κ1) is 12.2. The van der Waals surface area contributed by atoms with Crippen molar-refractivity contribution in [2.24, 2.45) is 11.8 Å². The van der Waals surface area contributed by atoms with E-state index in [0.717, 1.165) is 11.8 Å². The molecule has 0 spiro atoms. The lowest BCUT2D eigenvalue weighted by molar-refractivity contribution is 0.278. The summed E-state index contributed by atoms with van der Waals surface area (Å²) in [6.45, 7) is 2.39. The molecule has 0 amide bonds. The van der Waals surface area contributed by atoms with E-state index in [1.54, 1.807) is 0 Å². The van der Waals surface area contributed by atoms with Crippen LogP contribution in [0.1, 0.15) is 44.6 Å². The lowest BCUT2D eigenvalue weighted by Gasteiger charge is -2.26. The molecule has 1 aromatic rings. The van der Waals surface area contributed by atoms with Crippen molar-refractivity contribution in [1.29, 1.82) is 0 Å². The Bertz CT molecular complexity index is 307. The van der Waals surface area contributed by atoms with Gasteiger partial charge in [0.05, 0.1) is 0 Å². The SMILES string of the molecule is CC1CCC(CCc2ccc(Br)cc2)CC1. The summed E-state index contributed by atoms with van der Waals surface area (Å²) in [6.07, 6.45) is 8.45. The number of rotatable bonds is 3. The first-order valence-corrected chi connectivity index (χ1v) is 7.28. The van der Waals surface area contributed by atoms with Gasteiger partial charge in [-0.1, -0.05) is 60.7 Å². The fraction of sp³-hybridized carbons (Fsp3) is 0.600. The van der Waals surface area contributed by atoms with Crippen LogP contribution in [-0.2, 0) is 6.42 Å². The maximum atomic E-state index is 3.48. The molecule has 1 saturated carbocycles. The van der Waals surface area contributed by atoms with E-state index in [2.05, 4.69) is 47.1 Å². The average molecular weight is 281 g/mol. The number of hydrogen-bond donors (Lipinski definition) is 0. The van der Waals surface area contributed by atoms with Crippen molar-refractivity contribution in [2.45, 2.75) is 45.4 Å². The van der Waals surface area contributed by atoms with Crippen molar-refractivity contribution < 1.29 is 0 Å². The molecule has 1 fully saturated rings. The van der Waals surface area contributed by atoms with Crippen LogP contribution < -0.4 is 0 Å². The zero-order valence-electron chi connectivity index (χ0n) is 10.1. The summed E-state index contributed by atoms with van der Waals surface area (Å²) in [5, 5.41) is 0. The number of aryl methyl sites for hydroxylation is 1. The van der Waals surface area contributed by atoms with Gasteiger partial charge in [0, 0.05) is 4.47 Å². The topological polar surface area (TPSA) is 0 Å². The van der Waals surface area contributed by atoms with E-state index in [1.807, 2.05) is 0 Å². The smallest absolute Gasteiger partial charge is 0.0175 e. The van der Waals surface area contributed by atoms with E-state index < -0.39 is 0 Å². The Kier molecular flexibility index (Phi) is 4.45. The Balaban J connectivity index is 1.77.